The highest BCUT2D eigenvalue weighted by Gasteiger charge is 2.40. The maximum absolute atomic E-state index is 12.8. The lowest BCUT2D eigenvalue weighted by atomic mass is 9.65. The van der Waals surface area contributed by atoms with Crippen molar-refractivity contribution in [1.82, 2.24) is 0 Å². The smallest absolute Gasteiger partial charge is 0.227 e. The zero-order valence-electron chi connectivity index (χ0n) is 14.9. The topological polar surface area (TPSA) is 58.4 Å². The Labute approximate surface area is 151 Å². The molecular formula is C19H30ClN3O. The molecule has 0 aliphatic heterocycles. The SMILES string of the molecule is Cc1c(NC(=O)C2CC3CCCC(C2)C3N)cccc1N(C)C.Cl. The van der Waals surface area contributed by atoms with Gasteiger partial charge in [-0.15, -0.1) is 12.4 Å². The Kier molecular flexibility index (Phi) is 6.16. The van der Waals surface area contributed by atoms with Gasteiger partial charge in [0.05, 0.1) is 0 Å². The third-order valence-electron chi connectivity index (χ3n) is 5.83. The highest BCUT2D eigenvalue weighted by Crippen LogP contribution is 2.42. The minimum Gasteiger partial charge on any atom is -0.377 e. The molecule has 2 atom stereocenters. The molecule has 0 aromatic heterocycles. The van der Waals surface area contributed by atoms with Crippen molar-refractivity contribution in [3.63, 3.8) is 0 Å². The summed E-state index contributed by atoms with van der Waals surface area (Å²) in [4.78, 5) is 14.9. The lowest BCUT2D eigenvalue weighted by molar-refractivity contribution is -0.122. The maximum Gasteiger partial charge on any atom is 0.227 e. The van der Waals surface area contributed by atoms with Crippen molar-refractivity contribution in [2.45, 2.75) is 45.1 Å². The number of halogens is 1. The zero-order valence-corrected chi connectivity index (χ0v) is 15.7. The first-order valence-electron chi connectivity index (χ1n) is 8.80. The van der Waals surface area contributed by atoms with Crippen LogP contribution in [0.1, 0.15) is 37.7 Å². The number of fused-ring (bicyclic) bond motifs is 2. The minimum absolute atomic E-state index is 0. The van der Waals surface area contributed by atoms with E-state index in [-0.39, 0.29) is 24.2 Å². The molecule has 134 valence electrons. The van der Waals surface area contributed by atoms with Crippen LogP contribution in [0.2, 0.25) is 0 Å². The van der Waals surface area contributed by atoms with Crippen LogP contribution in [0.3, 0.4) is 0 Å². The molecule has 0 saturated heterocycles. The van der Waals surface area contributed by atoms with Gasteiger partial charge < -0.3 is 16.0 Å². The number of carbonyl (C=O) groups is 1. The van der Waals surface area contributed by atoms with Crippen LogP contribution in [0.4, 0.5) is 11.4 Å². The van der Waals surface area contributed by atoms with Gasteiger partial charge in [0.15, 0.2) is 0 Å². The molecule has 2 fully saturated rings. The third kappa shape index (κ3) is 3.70. The van der Waals surface area contributed by atoms with Crippen LogP contribution in [0.5, 0.6) is 0 Å². The number of hydrogen-bond donors (Lipinski definition) is 2. The maximum atomic E-state index is 12.8. The highest BCUT2D eigenvalue weighted by atomic mass is 35.5. The molecule has 3 N–H and O–H groups in total. The normalized spacial score (nSPS) is 28.7. The van der Waals surface area contributed by atoms with Gasteiger partial charge in [0, 0.05) is 37.4 Å². The monoisotopic (exact) mass is 351 g/mol. The molecule has 0 radical (unpaired) electrons. The summed E-state index contributed by atoms with van der Waals surface area (Å²) in [6, 6.07) is 6.39. The molecule has 1 aromatic rings. The summed E-state index contributed by atoms with van der Waals surface area (Å²) in [5.74, 6) is 1.36. The van der Waals surface area contributed by atoms with Crippen LogP contribution in [0.15, 0.2) is 18.2 Å². The molecule has 1 amide bonds. The molecule has 1 aromatic carbocycles. The number of nitrogens with one attached hydrogen (secondary N) is 1. The second-order valence-corrected chi connectivity index (χ2v) is 7.53. The molecule has 24 heavy (non-hydrogen) atoms. The fraction of sp³-hybridized carbons (Fsp3) is 0.632. The Morgan fingerprint density at radius 2 is 1.83 bits per heavy atom. The van der Waals surface area contributed by atoms with Gasteiger partial charge in [0.25, 0.3) is 0 Å². The van der Waals surface area contributed by atoms with E-state index >= 15 is 0 Å². The Bertz CT molecular complexity index is 576. The number of anilines is 2. The van der Waals surface area contributed by atoms with Gasteiger partial charge in [0.1, 0.15) is 0 Å². The van der Waals surface area contributed by atoms with Gasteiger partial charge in [-0.3, -0.25) is 4.79 Å². The van der Waals surface area contributed by atoms with E-state index in [2.05, 4.69) is 23.2 Å². The number of amides is 1. The number of rotatable bonds is 3. The summed E-state index contributed by atoms with van der Waals surface area (Å²) in [6.45, 7) is 2.07. The Morgan fingerprint density at radius 1 is 1.21 bits per heavy atom. The number of hydrogen-bond acceptors (Lipinski definition) is 3. The minimum atomic E-state index is 0. The van der Waals surface area contributed by atoms with Crippen molar-refractivity contribution in [1.29, 1.82) is 0 Å². The standard InChI is InChI=1S/C19H29N3O.ClH/c1-12-16(8-5-9-17(12)22(2)3)21-19(23)15-10-13-6-4-7-14(11-15)18(13)20;/h5,8-9,13-15,18H,4,6-7,10-11,20H2,1-3H3,(H,21,23);1H. The van der Waals surface area contributed by atoms with E-state index in [4.69, 9.17) is 5.73 Å². The molecule has 3 rings (SSSR count). The third-order valence-corrected chi connectivity index (χ3v) is 5.83. The molecule has 4 nitrogen and oxygen atoms in total. The average Bonchev–Trinajstić information content (AvgIpc) is 2.48. The molecular weight excluding hydrogens is 322 g/mol. The predicted octanol–water partition coefficient (Wildman–Crippen LogP) is 3.57. The Morgan fingerprint density at radius 3 is 2.42 bits per heavy atom. The molecule has 2 saturated carbocycles. The van der Waals surface area contributed by atoms with Crippen LogP contribution in [0.25, 0.3) is 0 Å². The zero-order chi connectivity index (χ0) is 16.6. The molecule has 2 aliphatic carbocycles. The van der Waals surface area contributed by atoms with Crippen molar-refractivity contribution in [3.05, 3.63) is 23.8 Å². The summed E-state index contributed by atoms with van der Waals surface area (Å²) >= 11 is 0. The second kappa shape index (κ2) is 7.75. The lowest BCUT2D eigenvalue weighted by Gasteiger charge is -2.43. The van der Waals surface area contributed by atoms with E-state index in [1.807, 2.05) is 26.2 Å². The van der Waals surface area contributed by atoms with Crippen LogP contribution in [-0.4, -0.2) is 26.0 Å². The molecule has 2 unspecified atom stereocenters. The molecule has 0 spiro atoms. The lowest BCUT2D eigenvalue weighted by Crippen LogP contribution is -2.48. The molecule has 5 heteroatoms. The largest absolute Gasteiger partial charge is 0.377 e. The number of nitrogens with two attached hydrogens (primary N) is 1. The van der Waals surface area contributed by atoms with E-state index in [0.717, 1.165) is 29.8 Å². The summed E-state index contributed by atoms with van der Waals surface area (Å²) in [6.07, 6.45) is 5.57. The first-order valence-corrected chi connectivity index (χ1v) is 8.80. The molecule has 2 aliphatic rings. The molecule has 2 bridgehead atoms. The van der Waals surface area contributed by atoms with Gasteiger partial charge in [-0.2, -0.15) is 0 Å². The van der Waals surface area contributed by atoms with E-state index in [9.17, 15) is 4.79 Å². The number of carbonyl (C=O) groups excluding carboxylic acids is 1. The van der Waals surface area contributed by atoms with Crippen molar-refractivity contribution in [3.8, 4) is 0 Å². The summed E-state index contributed by atoms with van der Waals surface area (Å²) < 4.78 is 0. The van der Waals surface area contributed by atoms with Crippen LogP contribution < -0.4 is 16.0 Å². The van der Waals surface area contributed by atoms with Crippen molar-refractivity contribution in [2.24, 2.45) is 23.5 Å². The number of nitrogens with zero attached hydrogens (tertiary/aromatic N) is 1. The number of benzene rings is 1. The van der Waals surface area contributed by atoms with Crippen molar-refractivity contribution < 1.29 is 4.79 Å². The van der Waals surface area contributed by atoms with E-state index < -0.39 is 0 Å². The quantitative estimate of drug-likeness (QED) is 0.875. The van der Waals surface area contributed by atoms with E-state index in [1.54, 1.807) is 0 Å². The second-order valence-electron chi connectivity index (χ2n) is 7.53. The predicted molar refractivity (Wildman–Crippen MR) is 103 cm³/mol. The van der Waals surface area contributed by atoms with Crippen LogP contribution in [0, 0.1) is 24.7 Å². The van der Waals surface area contributed by atoms with Crippen LogP contribution in [-0.2, 0) is 4.79 Å². The highest BCUT2D eigenvalue weighted by molar-refractivity contribution is 5.94. The first-order chi connectivity index (χ1) is 11.0. The van der Waals surface area contributed by atoms with Gasteiger partial charge in [0.2, 0.25) is 5.91 Å². The molecule has 0 heterocycles. The average molecular weight is 352 g/mol. The fourth-order valence-electron chi connectivity index (χ4n) is 4.48. The first kappa shape index (κ1) is 19.1. The van der Waals surface area contributed by atoms with E-state index in [1.165, 1.54) is 19.3 Å². The summed E-state index contributed by atoms with van der Waals surface area (Å²) in [5.41, 5.74) is 9.54. The van der Waals surface area contributed by atoms with Gasteiger partial charge in [-0.05, 0) is 62.1 Å². The van der Waals surface area contributed by atoms with Gasteiger partial charge in [-0.1, -0.05) is 12.5 Å². The van der Waals surface area contributed by atoms with Gasteiger partial charge >= 0.3 is 0 Å². The Hall–Kier alpha value is -1.26. The Balaban J connectivity index is 0.00000208. The fourth-order valence-corrected chi connectivity index (χ4v) is 4.48. The van der Waals surface area contributed by atoms with E-state index in [0.29, 0.717) is 17.9 Å². The van der Waals surface area contributed by atoms with Gasteiger partial charge in [-0.25, -0.2) is 0 Å². The summed E-state index contributed by atoms with van der Waals surface area (Å²) in [5, 5.41) is 3.17. The van der Waals surface area contributed by atoms with Crippen LogP contribution >= 0.6 is 12.4 Å². The van der Waals surface area contributed by atoms with Crippen molar-refractivity contribution in [2.75, 3.05) is 24.3 Å². The van der Waals surface area contributed by atoms with Crippen molar-refractivity contribution >= 4 is 29.7 Å². The summed E-state index contributed by atoms with van der Waals surface area (Å²) in [7, 11) is 4.05.